The van der Waals surface area contributed by atoms with Gasteiger partial charge in [-0.2, -0.15) is 0 Å². The summed E-state index contributed by atoms with van der Waals surface area (Å²) < 4.78 is 25.9. The van der Waals surface area contributed by atoms with Crippen LogP contribution in [0.3, 0.4) is 0 Å². The third kappa shape index (κ3) is 5.30. The molecule has 2 heterocycles. The first-order chi connectivity index (χ1) is 18.1. The second kappa shape index (κ2) is 11.2. The Bertz CT molecular complexity index is 1310. The lowest BCUT2D eigenvalue weighted by atomic mass is 10.1. The van der Waals surface area contributed by atoms with Gasteiger partial charge in [0, 0.05) is 26.3 Å². The Morgan fingerprint density at radius 3 is 2.03 bits per heavy atom. The molecule has 1 saturated heterocycles. The number of ether oxygens (including phenoxy) is 3. The molecule has 1 aromatic heterocycles. The van der Waals surface area contributed by atoms with Gasteiger partial charge in [0.25, 0.3) is 13.9 Å². The summed E-state index contributed by atoms with van der Waals surface area (Å²) in [6.07, 6.45) is -2.00. The molecule has 0 spiro atoms. The third-order valence-corrected chi connectivity index (χ3v) is 11.9. The molecule has 1 aliphatic rings. The molecule has 0 saturated carbocycles. The fourth-order valence-corrected chi connectivity index (χ4v) is 9.82. The molecule has 0 aliphatic carbocycles. The van der Waals surface area contributed by atoms with Crippen LogP contribution in [0.2, 0.25) is 5.04 Å². The fourth-order valence-electron chi connectivity index (χ4n) is 5.25. The Hall–Kier alpha value is -3.31. The van der Waals surface area contributed by atoms with Gasteiger partial charge >= 0.3 is 11.7 Å². The van der Waals surface area contributed by atoms with E-state index in [4.69, 9.17) is 18.6 Å². The van der Waals surface area contributed by atoms with Gasteiger partial charge in [-0.1, -0.05) is 81.4 Å². The van der Waals surface area contributed by atoms with E-state index in [1.165, 1.54) is 30.9 Å². The quantitative estimate of drug-likeness (QED) is 0.345. The van der Waals surface area contributed by atoms with Crippen LogP contribution in [-0.4, -0.2) is 55.9 Å². The summed E-state index contributed by atoms with van der Waals surface area (Å²) in [5.41, 5.74) is -1.18. The normalized spacial score (nSPS) is 21.8. The van der Waals surface area contributed by atoms with E-state index in [9.17, 15) is 14.4 Å². The zero-order valence-corrected chi connectivity index (χ0v) is 23.2. The molecule has 0 radical (unpaired) electrons. The van der Waals surface area contributed by atoms with Gasteiger partial charge in [0.05, 0.1) is 6.61 Å². The number of benzene rings is 2. The first kappa shape index (κ1) is 27.7. The highest BCUT2D eigenvalue weighted by Gasteiger charge is 2.53. The molecule has 1 N–H and O–H groups in total. The van der Waals surface area contributed by atoms with E-state index in [0.29, 0.717) is 0 Å². The maximum absolute atomic E-state index is 12.6. The Balaban J connectivity index is 1.76. The second-order valence-electron chi connectivity index (χ2n) is 10.3. The number of nitrogens with zero attached hydrogens (tertiary/aromatic N) is 1. The van der Waals surface area contributed by atoms with E-state index >= 15 is 0 Å². The Morgan fingerprint density at radius 2 is 1.55 bits per heavy atom. The van der Waals surface area contributed by atoms with Crippen LogP contribution in [-0.2, 0) is 23.4 Å². The van der Waals surface area contributed by atoms with E-state index in [0.717, 1.165) is 10.4 Å². The van der Waals surface area contributed by atoms with Crippen LogP contribution >= 0.6 is 0 Å². The SMILES string of the molecule is COC1C(OC(C)=O)[C@H](CO[Si](c2ccccc2)(c2ccccc2)C(C)(C)C)O[C@@H]1n1ccc(=O)[nH]c1=O. The minimum absolute atomic E-state index is 0.0830. The van der Waals surface area contributed by atoms with Crippen molar-refractivity contribution in [1.82, 2.24) is 9.55 Å². The predicted octanol–water partition coefficient (Wildman–Crippen LogP) is 1.96. The molecule has 1 aliphatic heterocycles. The standard InChI is InChI=1S/C28H34N2O7Si/c1-19(31)36-24-22(37-26(25(24)34-5)30-17-16-23(32)29-27(30)33)18-35-38(28(2,3)4,20-12-8-6-9-13-20)21-14-10-7-11-15-21/h6-17,22,24-26H,18H2,1-5H3,(H,29,32,33)/t22-,24?,25?,26-/m0/s1. The van der Waals surface area contributed by atoms with Gasteiger partial charge in [0.2, 0.25) is 0 Å². The van der Waals surface area contributed by atoms with E-state index < -0.39 is 50.1 Å². The van der Waals surface area contributed by atoms with Crippen LogP contribution < -0.4 is 21.6 Å². The molecule has 38 heavy (non-hydrogen) atoms. The van der Waals surface area contributed by atoms with Gasteiger partial charge in [-0.15, -0.1) is 0 Å². The summed E-state index contributed by atoms with van der Waals surface area (Å²) >= 11 is 0. The largest absolute Gasteiger partial charge is 0.457 e. The minimum atomic E-state index is -2.92. The highest BCUT2D eigenvalue weighted by Crippen LogP contribution is 2.39. The van der Waals surface area contributed by atoms with Gasteiger partial charge < -0.3 is 18.6 Å². The monoisotopic (exact) mass is 538 g/mol. The van der Waals surface area contributed by atoms with E-state index in [1.807, 2.05) is 36.4 Å². The van der Waals surface area contributed by atoms with Crippen LogP contribution in [0.1, 0.15) is 33.9 Å². The van der Waals surface area contributed by atoms with Crippen LogP contribution in [0.5, 0.6) is 0 Å². The fraction of sp³-hybridized carbons (Fsp3) is 0.393. The van der Waals surface area contributed by atoms with Crippen molar-refractivity contribution in [2.24, 2.45) is 0 Å². The Morgan fingerprint density at radius 1 is 0.974 bits per heavy atom. The summed E-state index contributed by atoms with van der Waals surface area (Å²) in [7, 11) is -1.46. The predicted molar refractivity (Wildman–Crippen MR) is 145 cm³/mol. The Labute approximate surface area is 222 Å². The molecule has 0 amide bonds. The first-order valence-electron chi connectivity index (χ1n) is 12.5. The second-order valence-corrected chi connectivity index (χ2v) is 14.6. The summed E-state index contributed by atoms with van der Waals surface area (Å²) in [4.78, 5) is 38.5. The summed E-state index contributed by atoms with van der Waals surface area (Å²) in [6.45, 7) is 7.89. The molecule has 2 unspecified atom stereocenters. The number of hydrogen-bond donors (Lipinski definition) is 1. The molecule has 4 atom stereocenters. The molecular formula is C28H34N2O7Si. The van der Waals surface area contributed by atoms with Crippen molar-refractivity contribution in [2.75, 3.05) is 13.7 Å². The number of nitrogens with one attached hydrogen (secondary N) is 1. The van der Waals surface area contributed by atoms with E-state index in [1.54, 1.807) is 0 Å². The molecule has 3 aromatic rings. The molecule has 4 rings (SSSR count). The number of methoxy groups -OCH3 is 1. The van der Waals surface area contributed by atoms with Crippen molar-refractivity contribution in [3.8, 4) is 0 Å². The average molecular weight is 539 g/mol. The minimum Gasteiger partial charge on any atom is -0.457 e. The first-order valence-corrected chi connectivity index (χ1v) is 14.4. The number of H-pyrrole nitrogens is 1. The molecule has 0 bridgehead atoms. The molecular weight excluding hydrogens is 504 g/mol. The zero-order valence-electron chi connectivity index (χ0n) is 22.2. The lowest BCUT2D eigenvalue weighted by molar-refractivity contribution is -0.154. The van der Waals surface area contributed by atoms with Gasteiger partial charge in [-0.3, -0.25) is 19.1 Å². The molecule has 202 valence electrons. The lowest BCUT2D eigenvalue weighted by Gasteiger charge is -2.43. The number of carbonyl (C=O) groups excluding carboxylic acids is 1. The summed E-state index contributed by atoms with van der Waals surface area (Å²) in [5, 5.41) is 1.91. The topological polar surface area (TPSA) is 109 Å². The number of carbonyl (C=O) groups is 1. The highest BCUT2D eigenvalue weighted by molar-refractivity contribution is 6.99. The highest BCUT2D eigenvalue weighted by atomic mass is 28.4. The van der Waals surface area contributed by atoms with Crippen molar-refractivity contribution in [3.05, 3.63) is 93.8 Å². The number of aromatic nitrogens is 2. The van der Waals surface area contributed by atoms with Gasteiger partial charge in [0.1, 0.15) is 12.2 Å². The van der Waals surface area contributed by atoms with Crippen molar-refractivity contribution < 1.29 is 23.4 Å². The molecule has 2 aromatic carbocycles. The number of aromatic amines is 1. The van der Waals surface area contributed by atoms with Crippen LogP contribution in [0.4, 0.5) is 0 Å². The van der Waals surface area contributed by atoms with E-state index in [2.05, 4.69) is 50.0 Å². The smallest absolute Gasteiger partial charge is 0.330 e. The lowest BCUT2D eigenvalue weighted by Crippen LogP contribution is -2.67. The molecule has 10 heteroatoms. The third-order valence-electron chi connectivity index (χ3n) is 6.87. The maximum atomic E-state index is 12.6. The van der Waals surface area contributed by atoms with Gasteiger partial charge in [-0.25, -0.2) is 4.79 Å². The Kier molecular flexibility index (Phi) is 8.17. The zero-order chi connectivity index (χ0) is 27.5. The molecule has 1 fully saturated rings. The number of esters is 1. The van der Waals surface area contributed by atoms with Crippen LogP contribution in [0, 0.1) is 0 Å². The van der Waals surface area contributed by atoms with Gasteiger partial charge in [-0.05, 0) is 15.4 Å². The summed E-state index contributed by atoms with van der Waals surface area (Å²) in [6, 6.07) is 21.5. The van der Waals surface area contributed by atoms with Crippen molar-refractivity contribution >= 4 is 24.7 Å². The average Bonchev–Trinajstić information content (AvgIpc) is 3.21. The van der Waals surface area contributed by atoms with Crippen molar-refractivity contribution in [1.29, 1.82) is 0 Å². The van der Waals surface area contributed by atoms with Crippen LogP contribution in [0.15, 0.2) is 82.5 Å². The number of hydrogen-bond acceptors (Lipinski definition) is 7. The van der Waals surface area contributed by atoms with E-state index in [-0.39, 0.29) is 11.6 Å². The van der Waals surface area contributed by atoms with Crippen molar-refractivity contribution in [3.63, 3.8) is 0 Å². The molecule has 9 nitrogen and oxygen atoms in total. The number of rotatable bonds is 8. The maximum Gasteiger partial charge on any atom is 0.330 e. The van der Waals surface area contributed by atoms with Crippen molar-refractivity contribution in [2.45, 2.75) is 57.3 Å². The van der Waals surface area contributed by atoms with Gasteiger partial charge in [0.15, 0.2) is 12.3 Å². The van der Waals surface area contributed by atoms with Crippen LogP contribution in [0.25, 0.3) is 0 Å². The summed E-state index contributed by atoms with van der Waals surface area (Å²) in [5.74, 6) is -0.509.